The molecule has 0 radical (unpaired) electrons. The van der Waals surface area contributed by atoms with E-state index in [1.54, 1.807) is 9.36 Å². The van der Waals surface area contributed by atoms with Gasteiger partial charge in [0.25, 0.3) is 0 Å². The standard InChI is InChI=1S/C15H29N7OS/c1-12(2)16-13(23)10-19-6-8-20(9-7-19)11-21-14(24)22(18-17-21)15(3,4)5/h12H,6-11H2,1-5H3,(H,16,23). The Morgan fingerprint density at radius 2 is 1.75 bits per heavy atom. The molecule has 1 amide bonds. The van der Waals surface area contributed by atoms with Crippen LogP contribution in [0.1, 0.15) is 34.6 Å². The maximum Gasteiger partial charge on any atom is 0.234 e. The third kappa shape index (κ3) is 5.09. The number of carbonyl (C=O) groups excluding carboxylic acids is 1. The predicted molar refractivity (Wildman–Crippen MR) is 95.1 cm³/mol. The Labute approximate surface area is 148 Å². The first-order chi connectivity index (χ1) is 11.2. The number of nitrogens with one attached hydrogen (secondary N) is 1. The molecule has 0 saturated carbocycles. The van der Waals surface area contributed by atoms with E-state index in [1.165, 1.54) is 0 Å². The molecule has 2 heterocycles. The molecule has 1 aliphatic heterocycles. The monoisotopic (exact) mass is 355 g/mol. The Bertz CT molecular complexity index is 608. The molecular weight excluding hydrogens is 326 g/mol. The van der Waals surface area contributed by atoms with Crippen molar-refractivity contribution >= 4 is 18.1 Å². The highest BCUT2D eigenvalue weighted by atomic mass is 32.1. The molecule has 1 aliphatic rings. The number of amides is 1. The van der Waals surface area contributed by atoms with E-state index in [-0.39, 0.29) is 17.5 Å². The molecule has 1 aromatic rings. The van der Waals surface area contributed by atoms with Crippen molar-refractivity contribution in [1.82, 2.24) is 34.9 Å². The largest absolute Gasteiger partial charge is 0.353 e. The predicted octanol–water partition coefficient (Wildman–Crippen LogP) is 0.664. The SMILES string of the molecule is CC(C)NC(=O)CN1CCN(Cn2nnn(C(C)(C)C)c2=S)CC1. The van der Waals surface area contributed by atoms with Gasteiger partial charge in [-0.05, 0) is 57.3 Å². The molecule has 8 nitrogen and oxygen atoms in total. The first-order valence-electron chi connectivity index (χ1n) is 8.44. The highest BCUT2D eigenvalue weighted by Gasteiger charge is 2.22. The van der Waals surface area contributed by atoms with Crippen molar-refractivity contribution in [2.45, 2.75) is 52.9 Å². The lowest BCUT2D eigenvalue weighted by atomic mass is 10.1. The molecule has 2 rings (SSSR count). The Hall–Kier alpha value is -1.32. The number of piperazine rings is 1. The molecule has 24 heavy (non-hydrogen) atoms. The van der Waals surface area contributed by atoms with Crippen LogP contribution >= 0.6 is 12.2 Å². The van der Waals surface area contributed by atoms with Crippen molar-refractivity contribution in [2.75, 3.05) is 32.7 Å². The first kappa shape index (κ1) is 19.0. The normalized spacial score (nSPS) is 17.4. The lowest BCUT2D eigenvalue weighted by molar-refractivity contribution is -0.123. The van der Waals surface area contributed by atoms with E-state index in [1.807, 2.05) is 13.8 Å². The van der Waals surface area contributed by atoms with Gasteiger partial charge < -0.3 is 5.32 Å². The lowest BCUT2D eigenvalue weighted by Gasteiger charge is -2.34. The minimum Gasteiger partial charge on any atom is -0.353 e. The summed E-state index contributed by atoms with van der Waals surface area (Å²) in [6.07, 6.45) is 0. The Morgan fingerprint density at radius 3 is 2.25 bits per heavy atom. The van der Waals surface area contributed by atoms with Crippen molar-refractivity contribution in [1.29, 1.82) is 0 Å². The van der Waals surface area contributed by atoms with Gasteiger partial charge in [0, 0.05) is 32.2 Å². The Morgan fingerprint density at radius 1 is 1.17 bits per heavy atom. The quantitative estimate of drug-likeness (QED) is 0.783. The van der Waals surface area contributed by atoms with Crippen molar-refractivity contribution in [3.05, 3.63) is 4.77 Å². The highest BCUT2D eigenvalue weighted by molar-refractivity contribution is 7.71. The van der Waals surface area contributed by atoms with Crippen molar-refractivity contribution in [3.8, 4) is 0 Å². The number of nitrogens with zero attached hydrogens (tertiary/aromatic N) is 6. The van der Waals surface area contributed by atoms with E-state index in [9.17, 15) is 4.79 Å². The molecule has 1 saturated heterocycles. The van der Waals surface area contributed by atoms with Gasteiger partial charge in [0.05, 0.1) is 18.8 Å². The molecule has 0 bridgehead atoms. The van der Waals surface area contributed by atoms with E-state index < -0.39 is 0 Å². The minimum atomic E-state index is -0.169. The second-order valence-corrected chi connectivity index (χ2v) is 7.97. The van der Waals surface area contributed by atoms with Crippen LogP contribution in [-0.2, 0) is 17.0 Å². The number of carbonyl (C=O) groups is 1. The molecule has 0 aliphatic carbocycles. The number of rotatable bonds is 5. The molecule has 9 heteroatoms. The lowest BCUT2D eigenvalue weighted by Crippen LogP contribution is -2.50. The average Bonchev–Trinajstić information content (AvgIpc) is 2.81. The van der Waals surface area contributed by atoms with E-state index in [0.717, 1.165) is 26.2 Å². The molecule has 1 aromatic heterocycles. The van der Waals surface area contributed by atoms with Crippen molar-refractivity contribution in [3.63, 3.8) is 0 Å². The zero-order valence-corrected chi connectivity index (χ0v) is 16.1. The zero-order chi connectivity index (χ0) is 17.9. The maximum atomic E-state index is 11.8. The molecule has 136 valence electrons. The number of hydrogen-bond acceptors (Lipinski definition) is 6. The second kappa shape index (κ2) is 7.71. The van der Waals surface area contributed by atoms with Crippen LogP contribution in [0.5, 0.6) is 0 Å². The Balaban J connectivity index is 1.85. The molecular formula is C15H29N7OS. The second-order valence-electron chi connectivity index (χ2n) is 7.60. The van der Waals surface area contributed by atoms with E-state index in [4.69, 9.17) is 12.2 Å². The van der Waals surface area contributed by atoms with Gasteiger partial charge in [-0.3, -0.25) is 14.6 Å². The maximum absolute atomic E-state index is 11.8. The fourth-order valence-corrected chi connectivity index (χ4v) is 3.04. The van der Waals surface area contributed by atoms with E-state index in [2.05, 4.69) is 46.3 Å². The number of hydrogen-bond donors (Lipinski definition) is 1. The summed E-state index contributed by atoms with van der Waals surface area (Å²) in [6, 6.07) is 0.186. The first-order valence-corrected chi connectivity index (χ1v) is 8.85. The molecule has 0 atom stereocenters. The highest BCUT2D eigenvalue weighted by Crippen LogP contribution is 2.12. The summed E-state index contributed by atoms with van der Waals surface area (Å²) >= 11 is 5.47. The van der Waals surface area contributed by atoms with Crippen LogP contribution in [0.25, 0.3) is 0 Å². The number of aromatic nitrogens is 4. The summed E-state index contributed by atoms with van der Waals surface area (Å²) in [5, 5.41) is 11.3. The molecule has 0 spiro atoms. The van der Waals surface area contributed by atoms with Gasteiger partial charge in [0.1, 0.15) is 0 Å². The minimum absolute atomic E-state index is 0.0915. The third-order valence-corrected chi connectivity index (χ3v) is 4.27. The molecule has 1 fully saturated rings. The Kier molecular flexibility index (Phi) is 6.11. The molecule has 0 aromatic carbocycles. The van der Waals surface area contributed by atoms with E-state index >= 15 is 0 Å². The summed E-state index contributed by atoms with van der Waals surface area (Å²) in [5.41, 5.74) is -0.169. The van der Waals surface area contributed by atoms with Crippen LogP contribution in [0, 0.1) is 4.77 Å². The van der Waals surface area contributed by atoms with Crippen molar-refractivity contribution in [2.24, 2.45) is 0 Å². The van der Waals surface area contributed by atoms with Gasteiger partial charge in [0.15, 0.2) is 0 Å². The average molecular weight is 356 g/mol. The van der Waals surface area contributed by atoms with Gasteiger partial charge in [0.2, 0.25) is 10.7 Å². The van der Waals surface area contributed by atoms with Gasteiger partial charge in [-0.15, -0.1) is 0 Å². The van der Waals surface area contributed by atoms with Crippen molar-refractivity contribution < 1.29 is 4.79 Å². The summed E-state index contributed by atoms with van der Waals surface area (Å²) in [7, 11) is 0. The summed E-state index contributed by atoms with van der Waals surface area (Å²) < 4.78 is 4.18. The summed E-state index contributed by atoms with van der Waals surface area (Å²) in [6.45, 7) is 14.7. The van der Waals surface area contributed by atoms with Crippen LogP contribution in [0.4, 0.5) is 0 Å². The summed E-state index contributed by atoms with van der Waals surface area (Å²) in [5.74, 6) is 0.0915. The van der Waals surface area contributed by atoms with Gasteiger partial charge in [-0.1, -0.05) is 0 Å². The van der Waals surface area contributed by atoms with Gasteiger partial charge >= 0.3 is 0 Å². The van der Waals surface area contributed by atoms with Crippen LogP contribution in [-0.4, -0.2) is 74.3 Å². The van der Waals surface area contributed by atoms with Gasteiger partial charge in [-0.25, -0.2) is 9.36 Å². The van der Waals surface area contributed by atoms with Crippen LogP contribution in [0.3, 0.4) is 0 Å². The summed E-state index contributed by atoms with van der Waals surface area (Å²) in [4.78, 5) is 16.3. The molecule has 0 unspecified atom stereocenters. The molecule has 1 N–H and O–H groups in total. The third-order valence-electron chi connectivity index (χ3n) is 3.89. The van der Waals surface area contributed by atoms with E-state index in [0.29, 0.717) is 18.0 Å². The smallest absolute Gasteiger partial charge is 0.234 e. The van der Waals surface area contributed by atoms with Crippen LogP contribution < -0.4 is 5.32 Å². The fourth-order valence-electron chi connectivity index (χ4n) is 2.63. The number of tetrazole rings is 1. The topological polar surface area (TPSA) is 71.2 Å². The fraction of sp³-hybridized carbons (Fsp3) is 0.867. The van der Waals surface area contributed by atoms with Crippen LogP contribution in [0.15, 0.2) is 0 Å². The zero-order valence-electron chi connectivity index (χ0n) is 15.3. The van der Waals surface area contributed by atoms with Gasteiger partial charge in [-0.2, -0.15) is 0 Å². The van der Waals surface area contributed by atoms with Crippen LogP contribution in [0.2, 0.25) is 0 Å².